The summed E-state index contributed by atoms with van der Waals surface area (Å²) in [6.07, 6.45) is 4.13. The van der Waals surface area contributed by atoms with Crippen LogP contribution in [-0.2, 0) is 0 Å². The van der Waals surface area contributed by atoms with Gasteiger partial charge in [0.05, 0.1) is 0 Å². The third-order valence-electron chi connectivity index (χ3n) is 1.84. The van der Waals surface area contributed by atoms with Crippen LogP contribution in [-0.4, -0.2) is 6.54 Å². The summed E-state index contributed by atoms with van der Waals surface area (Å²) in [4.78, 5) is 0. The molecule has 1 nitrogen and oxygen atoms in total. The van der Waals surface area contributed by atoms with Gasteiger partial charge in [0.15, 0.2) is 0 Å². The van der Waals surface area contributed by atoms with E-state index >= 15 is 0 Å². The molecule has 0 fully saturated rings. The highest BCUT2D eigenvalue weighted by Crippen LogP contribution is 2.25. The van der Waals surface area contributed by atoms with Gasteiger partial charge in [0.1, 0.15) is 0 Å². The van der Waals surface area contributed by atoms with Gasteiger partial charge in [-0.1, -0.05) is 24.3 Å². The second-order valence-electron chi connectivity index (χ2n) is 2.89. The Morgan fingerprint density at radius 2 is 2.23 bits per heavy atom. The zero-order valence-corrected chi connectivity index (χ0v) is 9.56. The molecule has 1 rings (SSSR count). The maximum atomic E-state index is 3.55. The number of nitrogens with one attached hydrogen (secondary N) is 1. The molecule has 1 N–H and O–H groups in total. The molecular weight excluding hydrogens is 226 g/mol. The van der Waals surface area contributed by atoms with Crippen LogP contribution in [0.5, 0.6) is 0 Å². The van der Waals surface area contributed by atoms with Gasteiger partial charge in [-0.25, -0.2) is 0 Å². The fraction of sp³-hybridized carbons (Fsp3) is 0.273. The van der Waals surface area contributed by atoms with Gasteiger partial charge in [-0.3, -0.25) is 0 Å². The van der Waals surface area contributed by atoms with Crippen LogP contribution in [0, 0.1) is 6.92 Å². The standard InChI is InChI=1S/C11H14BrN/c1-3-4-8-13-10-7-5-6-9(2)11(10)12/h3-7,13H,8H2,1-2H3/b4-3+. The topological polar surface area (TPSA) is 12.0 Å². The van der Waals surface area contributed by atoms with Gasteiger partial charge >= 0.3 is 0 Å². The molecule has 0 saturated carbocycles. The molecule has 0 aliphatic heterocycles. The molecule has 0 bridgehead atoms. The lowest BCUT2D eigenvalue weighted by Gasteiger charge is -2.07. The molecule has 2 heteroatoms. The highest BCUT2D eigenvalue weighted by Gasteiger charge is 1.99. The number of benzene rings is 1. The summed E-state index contributed by atoms with van der Waals surface area (Å²) in [5.41, 5.74) is 2.41. The molecule has 1 aromatic rings. The number of hydrogen-bond acceptors (Lipinski definition) is 1. The lowest BCUT2D eigenvalue weighted by molar-refractivity contribution is 1.30. The number of allylic oxidation sites excluding steroid dienone is 1. The van der Waals surface area contributed by atoms with Crippen LogP contribution in [0.2, 0.25) is 0 Å². The monoisotopic (exact) mass is 239 g/mol. The van der Waals surface area contributed by atoms with Gasteiger partial charge in [-0.15, -0.1) is 0 Å². The van der Waals surface area contributed by atoms with Crippen molar-refractivity contribution in [3.63, 3.8) is 0 Å². The Morgan fingerprint density at radius 3 is 2.92 bits per heavy atom. The van der Waals surface area contributed by atoms with Crippen LogP contribution < -0.4 is 5.32 Å². The summed E-state index contributed by atoms with van der Waals surface area (Å²) < 4.78 is 1.15. The summed E-state index contributed by atoms with van der Waals surface area (Å²) in [5, 5.41) is 3.32. The first kappa shape index (κ1) is 10.3. The number of rotatable bonds is 3. The second-order valence-corrected chi connectivity index (χ2v) is 3.68. The van der Waals surface area contributed by atoms with Crippen LogP contribution in [0.25, 0.3) is 0 Å². The first-order chi connectivity index (χ1) is 6.25. The average Bonchev–Trinajstić information content (AvgIpc) is 2.13. The third-order valence-corrected chi connectivity index (χ3v) is 2.89. The van der Waals surface area contributed by atoms with Crippen molar-refractivity contribution in [1.82, 2.24) is 0 Å². The van der Waals surface area contributed by atoms with E-state index < -0.39 is 0 Å². The van der Waals surface area contributed by atoms with Gasteiger partial charge in [0, 0.05) is 16.7 Å². The molecule has 0 aliphatic rings. The zero-order valence-electron chi connectivity index (χ0n) is 7.97. The van der Waals surface area contributed by atoms with Gasteiger partial charge in [0.2, 0.25) is 0 Å². The second kappa shape index (κ2) is 5.07. The first-order valence-electron chi connectivity index (χ1n) is 4.36. The van der Waals surface area contributed by atoms with Crippen LogP contribution in [0.4, 0.5) is 5.69 Å². The molecule has 0 aromatic heterocycles. The van der Waals surface area contributed by atoms with Gasteiger partial charge in [0.25, 0.3) is 0 Å². The van der Waals surface area contributed by atoms with Crippen molar-refractivity contribution in [3.05, 3.63) is 40.4 Å². The fourth-order valence-electron chi connectivity index (χ4n) is 1.07. The summed E-state index contributed by atoms with van der Waals surface area (Å²) >= 11 is 3.55. The summed E-state index contributed by atoms with van der Waals surface area (Å²) in [7, 11) is 0. The Bertz CT molecular complexity index is 305. The van der Waals surface area contributed by atoms with E-state index in [9.17, 15) is 0 Å². The number of hydrogen-bond donors (Lipinski definition) is 1. The number of halogens is 1. The smallest absolute Gasteiger partial charge is 0.0489 e. The zero-order chi connectivity index (χ0) is 9.68. The quantitative estimate of drug-likeness (QED) is 0.793. The van der Waals surface area contributed by atoms with Gasteiger partial charge < -0.3 is 5.32 Å². The molecule has 0 atom stereocenters. The van der Waals surface area contributed by atoms with Crippen molar-refractivity contribution in [2.75, 3.05) is 11.9 Å². The molecule has 0 radical (unpaired) electrons. The van der Waals surface area contributed by atoms with Crippen LogP contribution >= 0.6 is 15.9 Å². The highest BCUT2D eigenvalue weighted by atomic mass is 79.9. The minimum Gasteiger partial charge on any atom is -0.381 e. The van der Waals surface area contributed by atoms with E-state index in [-0.39, 0.29) is 0 Å². The molecule has 13 heavy (non-hydrogen) atoms. The van der Waals surface area contributed by atoms with E-state index in [0.717, 1.165) is 16.7 Å². The molecule has 0 heterocycles. The molecule has 0 saturated heterocycles. The average molecular weight is 240 g/mol. The molecule has 0 spiro atoms. The van der Waals surface area contributed by atoms with E-state index in [0.29, 0.717) is 0 Å². The van der Waals surface area contributed by atoms with E-state index in [1.165, 1.54) is 5.56 Å². The number of aryl methyl sites for hydroxylation is 1. The largest absolute Gasteiger partial charge is 0.381 e. The van der Waals surface area contributed by atoms with Crippen molar-refractivity contribution in [2.45, 2.75) is 13.8 Å². The van der Waals surface area contributed by atoms with Crippen molar-refractivity contribution in [1.29, 1.82) is 0 Å². The highest BCUT2D eigenvalue weighted by molar-refractivity contribution is 9.10. The number of anilines is 1. The maximum absolute atomic E-state index is 3.55. The van der Waals surface area contributed by atoms with Gasteiger partial charge in [-0.05, 0) is 41.4 Å². The van der Waals surface area contributed by atoms with Crippen molar-refractivity contribution < 1.29 is 0 Å². The normalized spacial score (nSPS) is 10.7. The molecule has 0 aliphatic carbocycles. The Labute approximate surface area is 88.0 Å². The van der Waals surface area contributed by atoms with Crippen molar-refractivity contribution in [2.24, 2.45) is 0 Å². The van der Waals surface area contributed by atoms with Crippen LogP contribution in [0.15, 0.2) is 34.8 Å². The van der Waals surface area contributed by atoms with Crippen LogP contribution in [0.3, 0.4) is 0 Å². The summed E-state index contributed by atoms with van der Waals surface area (Å²) in [5.74, 6) is 0. The lowest BCUT2D eigenvalue weighted by Crippen LogP contribution is -1.99. The molecule has 1 aromatic carbocycles. The first-order valence-corrected chi connectivity index (χ1v) is 5.15. The van der Waals surface area contributed by atoms with Crippen molar-refractivity contribution in [3.8, 4) is 0 Å². The van der Waals surface area contributed by atoms with Crippen LogP contribution in [0.1, 0.15) is 12.5 Å². The third kappa shape index (κ3) is 2.88. The Morgan fingerprint density at radius 1 is 1.46 bits per heavy atom. The summed E-state index contributed by atoms with van der Waals surface area (Å²) in [6, 6.07) is 6.21. The predicted octanol–water partition coefficient (Wildman–Crippen LogP) is 3.75. The molecule has 0 amide bonds. The summed E-state index contributed by atoms with van der Waals surface area (Å²) in [6.45, 7) is 4.98. The Kier molecular flexibility index (Phi) is 4.03. The van der Waals surface area contributed by atoms with Gasteiger partial charge in [-0.2, -0.15) is 0 Å². The molecular formula is C11H14BrN. The lowest BCUT2D eigenvalue weighted by atomic mass is 10.2. The molecule has 70 valence electrons. The van der Waals surface area contributed by atoms with E-state index in [1.54, 1.807) is 0 Å². The fourth-order valence-corrected chi connectivity index (χ4v) is 1.48. The molecule has 0 unspecified atom stereocenters. The predicted molar refractivity (Wildman–Crippen MR) is 62.2 cm³/mol. The maximum Gasteiger partial charge on any atom is 0.0489 e. The Hall–Kier alpha value is -0.760. The Balaban J connectivity index is 2.71. The van der Waals surface area contributed by atoms with E-state index in [4.69, 9.17) is 0 Å². The van der Waals surface area contributed by atoms with E-state index in [1.807, 2.05) is 13.0 Å². The SMILES string of the molecule is C/C=C/CNc1cccc(C)c1Br. The van der Waals surface area contributed by atoms with E-state index in [2.05, 4.69) is 52.4 Å². The minimum absolute atomic E-state index is 0.874. The minimum atomic E-state index is 0.874. The van der Waals surface area contributed by atoms with Crippen molar-refractivity contribution >= 4 is 21.6 Å².